The van der Waals surface area contributed by atoms with Crippen LogP contribution in [0.4, 0.5) is 24.5 Å². The molecule has 0 spiro atoms. The largest absolute Gasteiger partial charge is 0.380 e. The van der Waals surface area contributed by atoms with Gasteiger partial charge in [-0.05, 0) is 65.9 Å². The minimum Gasteiger partial charge on any atom is -0.380 e. The van der Waals surface area contributed by atoms with Crippen molar-refractivity contribution in [3.8, 4) is 11.1 Å². The number of carbonyl (C=O) groups excluding carboxylic acids is 1. The van der Waals surface area contributed by atoms with Gasteiger partial charge in [0.1, 0.15) is 22.7 Å². The van der Waals surface area contributed by atoms with E-state index in [0.29, 0.717) is 28.7 Å². The van der Waals surface area contributed by atoms with Crippen LogP contribution in [0, 0.1) is 17.5 Å². The molecule has 4 aromatic rings. The SMILES string of the molecule is O=C(Nc1cc(Cl)cc(-c2ccc(F)cc2F)c1)c1cc2cc(NS(=O)(=O)C3CCOC3)c(F)cc2s1. The summed E-state index contributed by atoms with van der Waals surface area (Å²) in [5.41, 5.74) is 0.497. The van der Waals surface area contributed by atoms with Crippen molar-refractivity contribution in [3.63, 3.8) is 0 Å². The van der Waals surface area contributed by atoms with Crippen LogP contribution in [-0.2, 0) is 14.8 Å². The Hall–Kier alpha value is -3.12. The van der Waals surface area contributed by atoms with Gasteiger partial charge in [-0.3, -0.25) is 9.52 Å². The molecule has 5 rings (SSSR count). The number of thiophene rings is 1. The Balaban J connectivity index is 1.39. The zero-order valence-electron chi connectivity index (χ0n) is 18.9. The van der Waals surface area contributed by atoms with Gasteiger partial charge in [0.25, 0.3) is 5.91 Å². The molecule has 12 heteroatoms. The molecular formula is C25H18ClF3N2O4S2. The number of anilines is 2. The van der Waals surface area contributed by atoms with Crippen molar-refractivity contribution in [2.75, 3.05) is 23.3 Å². The summed E-state index contributed by atoms with van der Waals surface area (Å²) in [6.07, 6.45) is 0.320. The average molecular weight is 567 g/mol. The summed E-state index contributed by atoms with van der Waals surface area (Å²) >= 11 is 7.18. The molecule has 3 aromatic carbocycles. The van der Waals surface area contributed by atoms with E-state index in [2.05, 4.69) is 10.0 Å². The maximum atomic E-state index is 14.7. The summed E-state index contributed by atoms with van der Waals surface area (Å²) in [6, 6.07) is 11.6. The zero-order chi connectivity index (χ0) is 26.3. The molecule has 2 heterocycles. The van der Waals surface area contributed by atoms with Crippen molar-refractivity contribution < 1.29 is 31.1 Å². The lowest BCUT2D eigenvalue weighted by molar-refractivity contribution is 0.103. The Morgan fingerprint density at radius 2 is 1.84 bits per heavy atom. The minimum absolute atomic E-state index is 0.0426. The molecule has 0 radical (unpaired) electrons. The van der Waals surface area contributed by atoms with Crippen LogP contribution in [0.2, 0.25) is 5.02 Å². The summed E-state index contributed by atoms with van der Waals surface area (Å²) in [4.78, 5) is 13.2. The minimum atomic E-state index is -3.84. The van der Waals surface area contributed by atoms with E-state index in [0.717, 1.165) is 29.5 Å². The molecule has 1 amide bonds. The van der Waals surface area contributed by atoms with E-state index in [9.17, 15) is 26.4 Å². The van der Waals surface area contributed by atoms with Crippen molar-refractivity contribution in [2.24, 2.45) is 0 Å². The molecule has 1 aliphatic heterocycles. The van der Waals surface area contributed by atoms with Crippen molar-refractivity contribution in [2.45, 2.75) is 11.7 Å². The summed E-state index contributed by atoms with van der Waals surface area (Å²) in [5.74, 6) is -2.80. The van der Waals surface area contributed by atoms with Gasteiger partial charge in [-0.15, -0.1) is 11.3 Å². The molecule has 192 valence electrons. The van der Waals surface area contributed by atoms with Crippen molar-refractivity contribution in [3.05, 3.63) is 81.9 Å². The first-order valence-corrected chi connectivity index (χ1v) is 13.7. The first kappa shape index (κ1) is 25.5. The third kappa shape index (κ3) is 5.45. The summed E-state index contributed by atoms with van der Waals surface area (Å²) in [5, 5.41) is 2.60. The number of halogens is 4. The molecule has 6 nitrogen and oxygen atoms in total. The van der Waals surface area contributed by atoms with E-state index in [-0.39, 0.29) is 33.4 Å². The number of benzene rings is 3. The highest BCUT2D eigenvalue weighted by molar-refractivity contribution is 7.93. The first-order valence-electron chi connectivity index (χ1n) is 11.0. The number of amides is 1. The Labute approximate surface area is 219 Å². The van der Waals surface area contributed by atoms with Gasteiger partial charge in [0, 0.05) is 33.6 Å². The molecule has 0 saturated carbocycles. The molecule has 0 aliphatic carbocycles. The van der Waals surface area contributed by atoms with Crippen LogP contribution in [0.5, 0.6) is 0 Å². The normalized spacial score (nSPS) is 15.7. The number of hydrogen-bond donors (Lipinski definition) is 2. The number of hydrogen-bond acceptors (Lipinski definition) is 5. The predicted octanol–water partition coefficient (Wildman–Crippen LogP) is 6.42. The van der Waals surface area contributed by atoms with Gasteiger partial charge in [0.2, 0.25) is 10.0 Å². The Bertz CT molecular complexity index is 1640. The number of ether oxygens (including phenoxy) is 1. The van der Waals surface area contributed by atoms with Crippen LogP contribution in [0.1, 0.15) is 16.1 Å². The second-order valence-electron chi connectivity index (χ2n) is 8.42. The van der Waals surface area contributed by atoms with Gasteiger partial charge in [0.15, 0.2) is 0 Å². The highest BCUT2D eigenvalue weighted by Gasteiger charge is 2.30. The highest BCUT2D eigenvalue weighted by Crippen LogP contribution is 2.33. The lowest BCUT2D eigenvalue weighted by Gasteiger charge is -2.13. The van der Waals surface area contributed by atoms with E-state index in [4.69, 9.17) is 16.3 Å². The number of nitrogens with one attached hydrogen (secondary N) is 2. The van der Waals surface area contributed by atoms with Crippen LogP contribution in [0.15, 0.2) is 54.6 Å². The molecule has 2 N–H and O–H groups in total. The third-order valence-electron chi connectivity index (χ3n) is 5.81. The van der Waals surface area contributed by atoms with E-state index in [1.165, 1.54) is 36.4 Å². The smallest absolute Gasteiger partial charge is 0.265 e. The molecule has 1 aromatic heterocycles. The maximum Gasteiger partial charge on any atom is 0.265 e. The van der Waals surface area contributed by atoms with Crippen molar-refractivity contribution in [1.29, 1.82) is 0 Å². The zero-order valence-corrected chi connectivity index (χ0v) is 21.2. The summed E-state index contributed by atoms with van der Waals surface area (Å²) in [6.45, 7) is 0.365. The molecule has 37 heavy (non-hydrogen) atoms. The van der Waals surface area contributed by atoms with E-state index < -0.39 is 38.6 Å². The fourth-order valence-corrected chi connectivity index (χ4v) is 6.49. The van der Waals surface area contributed by atoms with E-state index in [1.807, 2.05) is 0 Å². The van der Waals surface area contributed by atoms with Crippen LogP contribution in [-0.4, -0.2) is 32.8 Å². The van der Waals surface area contributed by atoms with Gasteiger partial charge in [0.05, 0.1) is 17.2 Å². The monoisotopic (exact) mass is 566 g/mol. The van der Waals surface area contributed by atoms with Gasteiger partial charge in [-0.25, -0.2) is 21.6 Å². The molecule has 1 aliphatic rings. The van der Waals surface area contributed by atoms with Gasteiger partial charge >= 0.3 is 0 Å². The predicted molar refractivity (Wildman–Crippen MR) is 138 cm³/mol. The molecule has 1 saturated heterocycles. The van der Waals surface area contributed by atoms with E-state index in [1.54, 1.807) is 0 Å². The standard InChI is InChI=1S/C25H18ClF3N2O4S2/c26-15-5-13(19-2-1-16(27)10-20(19)28)6-17(9-15)30-25(32)24-8-14-7-22(21(29)11-23(14)36-24)31-37(33,34)18-3-4-35-12-18/h1-2,5-11,18,31H,3-4,12H2,(H,30,32). The fraction of sp³-hybridized carbons (Fsp3) is 0.160. The molecule has 0 bridgehead atoms. The van der Waals surface area contributed by atoms with Gasteiger partial charge in [-0.1, -0.05) is 11.6 Å². The Kier molecular flexibility index (Phi) is 6.88. The number of fused-ring (bicyclic) bond motifs is 1. The number of sulfonamides is 1. The fourth-order valence-electron chi connectivity index (χ4n) is 3.98. The van der Waals surface area contributed by atoms with Crippen molar-refractivity contribution >= 4 is 60.3 Å². The quantitative estimate of drug-likeness (QED) is 0.282. The lowest BCUT2D eigenvalue weighted by atomic mass is 10.0. The molecular weight excluding hydrogens is 549 g/mol. The van der Waals surface area contributed by atoms with E-state index >= 15 is 0 Å². The third-order valence-corrected chi connectivity index (χ3v) is 8.88. The van der Waals surface area contributed by atoms with Crippen LogP contribution in [0.25, 0.3) is 21.2 Å². The van der Waals surface area contributed by atoms with Gasteiger partial charge < -0.3 is 10.1 Å². The maximum absolute atomic E-state index is 14.7. The second-order valence-corrected chi connectivity index (χ2v) is 11.9. The highest BCUT2D eigenvalue weighted by atomic mass is 35.5. The number of carbonyl (C=O) groups is 1. The Morgan fingerprint density at radius 3 is 2.57 bits per heavy atom. The summed E-state index contributed by atoms with van der Waals surface area (Å²) < 4.78 is 75.1. The van der Waals surface area contributed by atoms with Gasteiger partial charge in [-0.2, -0.15) is 0 Å². The van der Waals surface area contributed by atoms with Crippen LogP contribution in [0.3, 0.4) is 0 Å². The molecule has 1 fully saturated rings. The average Bonchev–Trinajstić information content (AvgIpc) is 3.49. The number of rotatable bonds is 6. The van der Waals surface area contributed by atoms with Crippen molar-refractivity contribution in [1.82, 2.24) is 0 Å². The second kappa shape index (κ2) is 9.97. The molecule has 1 atom stereocenters. The summed E-state index contributed by atoms with van der Waals surface area (Å²) in [7, 11) is -3.84. The Morgan fingerprint density at radius 1 is 1.03 bits per heavy atom. The first-order chi connectivity index (χ1) is 17.6. The van der Waals surface area contributed by atoms with Crippen LogP contribution >= 0.6 is 22.9 Å². The topological polar surface area (TPSA) is 84.5 Å². The molecule has 1 unspecified atom stereocenters. The van der Waals surface area contributed by atoms with Crippen LogP contribution < -0.4 is 10.0 Å². The lowest BCUT2D eigenvalue weighted by Crippen LogP contribution is -2.28.